The fourth-order valence-electron chi connectivity index (χ4n) is 2.12. The van der Waals surface area contributed by atoms with Crippen LogP contribution in [-0.2, 0) is 12.8 Å². The number of aromatic nitrogens is 1. The van der Waals surface area contributed by atoms with Gasteiger partial charge in [0.15, 0.2) is 0 Å². The van der Waals surface area contributed by atoms with Crippen LogP contribution in [0.15, 0.2) is 5.38 Å². The summed E-state index contributed by atoms with van der Waals surface area (Å²) in [6, 6.07) is 0. The highest BCUT2D eigenvalue weighted by atomic mass is 32.1. The lowest BCUT2D eigenvalue weighted by molar-refractivity contribution is 0.532. The van der Waals surface area contributed by atoms with Crippen molar-refractivity contribution in [3.63, 3.8) is 0 Å². The summed E-state index contributed by atoms with van der Waals surface area (Å²) in [6.45, 7) is 4.64. The molecule has 2 rings (SSSR count). The largest absolute Gasteiger partial charge is 0.316 e. The highest BCUT2D eigenvalue weighted by molar-refractivity contribution is 7.09. The van der Waals surface area contributed by atoms with Crippen LogP contribution >= 0.6 is 11.3 Å². The second-order valence-electron chi connectivity index (χ2n) is 4.38. The number of aryl methyl sites for hydroxylation is 2. The minimum atomic E-state index is 0.892. The van der Waals surface area contributed by atoms with E-state index in [4.69, 9.17) is 0 Å². The maximum absolute atomic E-state index is 4.66. The maximum atomic E-state index is 4.66. The van der Waals surface area contributed by atoms with Crippen molar-refractivity contribution in [2.45, 2.75) is 39.0 Å². The van der Waals surface area contributed by atoms with E-state index in [9.17, 15) is 0 Å². The van der Waals surface area contributed by atoms with E-state index in [1.54, 1.807) is 0 Å². The van der Waals surface area contributed by atoms with Gasteiger partial charge in [-0.2, -0.15) is 0 Å². The Balaban J connectivity index is 1.77. The molecule has 1 fully saturated rings. The second kappa shape index (κ2) is 5.61. The van der Waals surface area contributed by atoms with Crippen molar-refractivity contribution in [3.8, 4) is 0 Å². The predicted molar refractivity (Wildman–Crippen MR) is 65.4 cm³/mol. The number of thiazole rings is 1. The third-order valence-corrected chi connectivity index (χ3v) is 3.99. The van der Waals surface area contributed by atoms with Crippen LogP contribution in [0.5, 0.6) is 0 Å². The molecule has 0 bridgehead atoms. The van der Waals surface area contributed by atoms with Gasteiger partial charge in [0.1, 0.15) is 0 Å². The van der Waals surface area contributed by atoms with Gasteiger partial charge in [0.2, 0.25) is 0 Å². The van der Waals surface area contributed by atoms with Crippen molar-refractivity contribution < 1.29 is 0 Å². The van der Waals surface area contributed by atoms with Gasteiger partial charge in [0.25, 0.3) is 0 Å². The third-order valence-electron chi connectivity index (χ3n) is 3.03. The van der Waals surface area contributed by atoms with Crippen LogP contribution in [0.2, 0.25) is 0 Å². The van der Waals surface area contributed by atoms with Crippen molar-refractivity contribution in [1.82, 2.24) is 10.3 Å². The van der Waals surface area contributed by atoms with Crippen molar-refractivity contribution in [1.29, 1.82) is 0 Å². The van der Waals surface area contributed by atoms with E-state index in [-0.39, 0.29) is 0 Å². The Morgan fingerprint density at radius 3 is 3.20 bits per heavy atom. The summed E-state index contributed by atoms with van der Waals surface area (Å²) in [6.07, 6.45) is 6.19. The quantitative estimate of drug-likeness (QED) is 0.831. The van der Waals surface area contributed by atoms with E-state index in [2.05, 4.69) is 22.6 Å². The Morgan fingerprint density at radius 1 is 1.53 bits per heavy atom. The SMILES string of the molecule is CCCc1csc(CCC2CCNC2)n1. The summed E-state index contributed by atoms with van der Waals surface area (Å²) in [7, 11) is 0. The minimum Gasteiger partial charge on any atom is -0.316 e. The smallest absolute Gasteiger partial charge is 0.0928 e. The van der Waals surface area contributed by atoms with Gasteiger partial charge in [0.05, 0.1) is 10.7 Å². The number of nitrogens with one attached hydrogen (secondary N) is 1. The van der Waals surface area contributed by atoms with Crippen molar-refractivity contribution in [3.05, 3.63) is 16.1 Å². The van der Waals surface area contributed by atoms with Crippen LogP contribution in [0, 0.1) is 5.92 Å². The van der Waals surface area contributed by atoms with E-state index in [0.717, 1.165) is 12.3 Å². The van der Waals surface area contributed by atoms with Gasteiger partial charge >= 0.3 is 0 Å². The first kappa shape index (κ1) is 11.1. The Hall–Kier alpha value is -0.410. The monoisotopic (exact) mass is 224 g/mol. The average molecular weight is 224 g/mol. The summed E-state index contributed by atoms with van der Waals surface area (Å²) in [5.74, 6) is 0.892. The summed E-state index contributed by atoms with van der Waals surface area (Å²) in [5, 5.41) is 6.98. The van der Waals surface area contributed by atoms with E-state index in [0.29, 0.717) is 0 Å². The Kier molecular flexibility index (Phi) is 4.15. The van der Waals surface area contributed by atoms with Crippen LogP contribution in [0.4, 0.5) is 0 Å². The molecule has 0 saturated carbocycles. The molecule has 1 unspecified atom stereocenters. The van der Waals surface area contributed by atoms with Gasteiger partial charge in [-0.1, -0.05) is 13.3 Å². The predicted octanol–water partition coefficient (Wildman–Crippen LogP) is 2.64. The summed E-state index contributed by atoms with van der Waals surface area (Å²) in [4.78, 5) is 4.66. The molecule has 2 heterocycles. The van der Waals surface area contributed by atoms with Crippen LogP contribution < -0.4 is 5.32 Å². The number of hydrogen-bond acceptors (Lipinski definition) is 3. The Morgan fingerprint density at radius 2 is 2.47 bits per heavy atom. The van der Waals surface area contributed by atoms with Gasteiger partial charge in [-0.05, 0) is 44.7 Å². The lowest BCUT2D eigenvalue weighted by Crippen LogP contribution is -2.09. The summed E-state index contributed by atoms with van der Waals surface area (Å²) < 4.78 is 0. The lowest BCUT2D eigenvalue weighted by Gasteiger charge is -2.04. The van der Waals surface area contributed by atoms with Crippen LogP contribution in [0.25, 0.3) is 0 Å². The first-order valence-corrected chi connectivity index (χ1v) is 6.90. The fraction of sp³-hybridized carbons (Fsp3) is 0.750. The molecule has 1 aliphatic rings. The van der Waals surface area contributed by atoms with Crippen molar-refractivity contribution in [2.24, 2.45) is 5.92 Å². The number of rotatable bonds is 5. The molecule has 2 nitrogen and oxygen atoms in total. The minimum absolute atomic E-state index is 0.892. The highest BCUT2D eigenvalue weighted by Crippen LogP contribution is 2.18. The standard InChI is InChI=1S/C12H20N2S/c1-2-3-11-9-15-12(14-11)5-4-10-6-7-13-8-10/h9-10,13H,2-8H2,1H3. The molecular formula is C12H20N2S. The molecule has 0 aliphatic carbocycles. The Labute approximate surface area is 96.1 Å². The zero-order chi connectivity index (χ0) is 10.5. The molecule has 3 heteroatoms. The molecule has 0 amide bonds. The Bertz CT molecular complexity index is 290. The van der Waals surface area contributed by atoms with Crippen LogP contribution in [0.1, 0.15) is 36.9 Å². The van der Waals surface area contributed by atoms with Gasteiger partial charge in [0, 0.05) is 5.38 Å². The van der Waals surface area contributed by atoms with Gasteiger partial charge in [-0.3, -0.25) is 0 Å². The highest BCUT2D eigenvalue weighted by Gasteiger charge is 2.14. The van der Waals surface area contributed by atoms with Crippen LogP contribution in [0.3, 0.4) is 0 Å². The van der Waals surface area contributed by atoms with Crippen LogP contribution in [-0.4, -0.2) is 18.1 Å². The van der Waals surface area contributed by atoms with Gasteiger partial charge in [-0.25, -0.2) is 4.98 Å². The summed E-state index contributed by atoms with van der Waals surface area (Å²) in [5.41, 5.74) is 1.29. The molecule has 1 atom stereocenters. The van der Waals surface area contributed by atoms with Crippen molar-refractivity contribution >= 4 is 11.3 Å². The normalized spacial score (nSPS) is 21.0. The molecule has 1 aromatic rings. The molecule has 1 N–H and O–H groups in total. The van der Waals surface area contributed by atoms with E-state index in [1.165, 1.54) is 49.5 Å². The van der Waals surface area contributed by atoms with Crippen molar-refractivity contribution in [2.75, 3.05) is 13.1 Å². The molecule has 0 radical (unpaired) electrons. The van der Waals surface area contributed by atoms with E-state index in [1.807, 2.05) is 11.3 Å². The molecule has 1 saturated heterocycles. The second-order valence-corrected chi connectivity index (χ2v) is 5.32. The van der Waals surface area contributed by atoms with E-state index < -0.39 is 0 Å². The zero-order valence-electron chi connectivity index (χ0n) is 9.46. The zero-order valence-corrected chi connectivity index (χ0v) is 10.3. The van der Waals surface area contributed by atoms with Gasteiger partial charge in [-0.15, -0.1) is 11.3 Å². The average Bonchev–Trinajstić information content (AvgIpc) is 2.85. The molecule has 1 aliphatic heterocycles. The topological polar surface area (TPSA) is 24.9 Å². The number of hydrogen-bond donors (Lipinski definition) is 1. The maximum Gasteiger partial charge on any atom is 0.0928 e. The molecular weight excluding hydrogens is 204 g/mol. The molecule has 15 heavy (non-hydrogen) atoms. The number of nitrogens with zero attached hydrogens (tertiary/aromatic N) is 1. The third kappa shape index (κ3) is 3.28. The van der Waals surface area contributed by atoms with Gasteiger partial charge < -0.3 is 5.32 Å². The first-order chi connectivity index (χ1) is 7.38. The molecule has 0 aromatic carbocycles. The fourth-order valence-corrected chi connectivity index (χ4v) is 2.97. The molecule has 0 spiro atoms. The lowest BCUT2D eigenvalue weighted by atomic mass is 10.0. The molecule has 84 valence electrons. The first-order valence-electron chi connectivity index (χ1n) is 6.02. The summed E-state index contributed by atoms with van der Waals surface area (Å²) >= 11 is 1.84. The molecule has 1 aromatic heterocycles. The van der Waals surface area contributed by atoms with E-state index >= 15 is 0 Å².